The summed E-state index contributed by atoms with van der Waals surface area (Å²) in [5.74, 6) is 0.166. The smallest absolute Gasteiger partial charge is 0.245 e. The van der Waals surface area contributed by atoms with Gasteiger partial charge >= 0.3 is 0 Å². The molecule has 0 spiro atoms. The van der Waals surface area contributed by atoms with E-state index in [-0.39, 0.29) is 23.3 Å². The molecule has 0 saturated carbocycles. The topological polar surface area (TPSA) is 40.6 Å². The van der Waals surface area contributed by atoms with E-state index in [1.807, 2.05) is 67.4 Å². The van der Waals surface area contributed by atoms with Gasteiger partial charge in [-0.2, -0.15) is 0 Å². The fourth-order valence-electron chi connectivity index (χ4n) is 3.97. The van der Waals surface area contributed by atoms with Gasteiger partial charge in [0.15, 0.2) is 0 Å². The standard InChI is InChI=1S/C24H30N2O2/c1-18(2)21(20-13-9-6-10-14-20)15-22(27)26-23(28)16-24(3,4)25(26)17-19-11-7-5-8-12-19/h5-14,18,21H,15-17H2,1-4H3. The Balaban J connectivity index is 1.84. The molecule has 4 heteroatoms. The minimum Gasteiger partial charge on any atom is -0.273 e. The molecule has 28 heavy (non-hydrogen) atoms. The molecule has 148 valence electrons. The minimum absolute atomic E-state index is 0.0868. The SMILES string of the molecule is CC(C)C(CC(=O)N1C(=O)CC(C)(C)N1Cc1ccccc1)c1ccccc1. The van der Waals surface area contributed by atoms with E-state index < -0.39 is 0 Å². The minimum atomic E-state index is -0.386. The molecule has 1 aliphatic heterocycles. The Morgan fingerprint density at radius 3 is 2.14 bits per heavy atom. The molecule has 1 unspecified atom stereocenters. The van der Waals surface area contributed by atoms with Gasteiger partial charge in [0.05, 0.1) is 0 Å². The number of rotatable bonds is 6. The van der Waals surface area contributed by atoms with E-state index >= 15 is 0 Å². The third-order valence-corrected chi connectivity index (χ3v) is 5.60. The average Bonchev–Trinajstić information content (AvgIpc) is 2.89. The number of amides is 2. The molecule has 0 radical (unpaired) electrons. The molecule has 1 atom stereocenters. The number of nitrogens with zero attached hydrogens (tertiary/aromatic N) is 2. The highest BCUT2D eigenvalue weighted by Crippen LogP contribution is 2.35. The maximum absolute atomic E-state index is 13.3. The number of hydrazine groups is 1. The van der Waals surface area contributed by atoms with Crippen LogP contribution >= 0.6 is 0 Å². The lowest BCUT2D eigenvalue weighted by Gasteiger charge is -2.36. The van der Waals surface area contributed by atoms with Gasteiger partial charge in [0, 0.05) is 24.9 Å². The molecule has 2 aromatic carbocycles. The van der Waals surface area contributed by atoms with E-state index in [2.05, 4.69) is 26.0 Å². The predicted molar refractivity (Wildman–Crippen MR) is 111 cm³/mol. The van der Waals surface area contributed by atoms with Gasteiger partial charge in [-0.3, -0.25) is 9.59 Å². The van der Waals surface area contributed by atoms with E-state index in [0.29, 0.717) is 25.3 Å². The molecular weight excluding hydrogens is 348 g/mol. The Morgan fingerprint density at radius 2 is 1.57 bits per heavy atom. The Hall–Kier alpha value is -2.46. The monoisotopic (exact) mass is 378 g/mol. The molecule has 1 aliphatic rings. The Kier molecular flexibility index (Phi) is 5.99. The highest BCUT2D eigenvalue weighted by Gasteiger charge is 2.46. The van der Waals surface area contributed by atoms with Crippen molar-refractivity contribution in [1.82, 2.24) is 10.0 Å². The lowest BCUT2D eigenvalue weighted by Crippen LogP contribution is -2.49. The van der Waals surface area contributed by atoms with Crippen LogP contribution in [0.15, 0.2) is 60.7 Å². The second-order valence-corrected chi connectivity index (χ2v) is 8.60. The summed E-state index contributed by atoms with van der Waals surface area (Å²) in [4.78, 5) is 26.1. The van der Waals surface area contributed by atoms with Crippen LogP contribution < -0.4 is 0 Å². The van der Waals surface area contributed by atoms with Gasteiger partial charge in [-0.1, -0.05) is 74.5 Å². The largest absolute Gasteiger partial charge is 0.273 e. The zero-order valence-corrected chi connectivity index (χ0v) is 17.3. The Morgan fingerprint density at radius 1 is 1.00 bits per heavy atom. The molecule has 0 N–H and O–H groups in total. The van der Waals surface area contributed by atoms with Crippen LogP contribution in [-0.2, 0) is 16.1 Å². The van der Waals surface area contributed by atoms with E-state index in [0.717, 1.165) is 11.1 Å². The first-order chi connectivity index (χ1) is 13.3. The van der Waals surface area contributed by atoms with Crippen LogP contribution in [0.1, 0.15) is 57.6 Å². The molecule has 2 aromatic rings. The predicted octanol–water partition coefficient (Wildman–Crippen LogP) is 4.77. The zero-order valence-electron chi connectivity index (χ0n) is 17.3. The maximum Gasteiger partial charge on any atom is 0.245 e. The Bertz CT molecular complexity index is 815. The van der Waals surface area contributed by atoms with Crippen molar-refractivity contribution in [3.63, 3.8) is 0 Å². The third-order valence-electron chi connectivity index (χ3n) is 5.60. The summed E-state index contributed by atoms with van der Waals surface area (Å²) in [6.07, 6.45) is 0.679. The lowest BCUT2D eigenvalue weighted by atomic mass is 9.85. The molecule has 1 heterocycles. The number of imide groups is 1. The zero-order chi connectivity index (χ0) is 20.3. The summed E-state index contributed by atoms with van der Waals surface area (Å²) in [7, 11) is 0. The van der Waals surface area contributed by atoms with Gasteiger partial charge in [0.1, 0.15) is 0 Å². The van der Waals surface area contributed by atoms with Crippen molar-refractivity contribution in [3.05, 3.63) is 71.8 Å². The first-order valence-electron chi connectivity index (χ1n) is 10.0. The van der Waals surface area contributed by atoms with Crippen LogP contribution in [0.5, 0.6) is 0 Å². The highest BCUT2D eigenvalue weighted by atomic mass is 16.2. The highest BCUT2D eigenvalue weighted by molar-refractivity contribution is 5.97. The van der Waals surface area contributed by atoms with Crippen LogP contribution in [-0.4, -0.2) is 27.4 Å². The van der Waals surface area contributed by atoms with E-state index in [1.54, 1.807) is 0 Å². The van der Waals surface area contributed by atoms with E-state index in [9.17, 15) is 9.59 Å². The molecule has 1 fully saturated rings. The molecular formula is C24H30N2O2. The fourth-order valence-corrected chi connectivity index (χ4v) is 3.97. The van der Waals surface area contributed by atoms with Crippen molar-refractivity contribution < 1.29 is 9.59 Å². The summed E-state index contributed by atoms with van der Waals surface area (Å²) in [6.45, 7) is 8.85. The van der Waals surface area contributed by atoms with Gasteiger partial charge in [-0.25, -0.2) is 10.0 Å². The van der Waals surface area contributed by atoms with Crippen LogP contribution in [0.25, 0.3) is 0 Å². The number of benzene rings is 2. The van der Waals surface area contributed by atoms with Crippen LogP contribution in [0.3, 0.4) is 0 Å². The summed E-state index contributed by atoms with van der Waals surface area (Å²) in [5.41, 5.74) is 1.85. The second kappa shape index (κ2) is 8.27. The summed E-state index contributed by atoms with van der Waals surface area (Å²) < 4.78 is 0. The fraction of sp³-hybridized carbons (Fsp3) is 0.417. The van der Waals surface area contributed by atoms with Gasteiger partial charge in [-0.05, 0) is 36.8 Å². The molecule has 2 amide bonds. The molecule has 0 bridgehead atoms. The van der Waals surface area contributed by atoms with Gasteiger partial charge in [0.2, 0.25) is 11.8 Å². The molecule has 0 aliphatic carbocycles. The number of hydrogen-bond donors (Lipinski definition) is 0. The molecule has 3 rings (SSSR count). The van der Waals surface area contributed by atoms with Crippen molar-refractivity contribution in [2.45, 2.75) is 58.5 Å². The number of hydrogen-bond acceptors (Lipinski definition) is 3. The summed E-state index contributed by atoms with van der Waals surface area (Å²) in [6, 6.07) is 20.1. The van der Waals surface area contributed by atoms with Crippen LogP contribution in [0.2, 0.25) is 0 Å². The van der Waals surface area contributed by atoms with Crippen molar-refractivity contribution in [1.29, 1.82) is 0 Å². The Labute approximate surface area is 168 Å². The van der Waals surface area contributed by atoms with Crippen molar-refractivity contribution in [2.24, 2.45) is 5.92 Å². The first-order valence-corrected chi connectivity index (χ1v) is 10.0. The van der Waals surface area contributed by atoms with Gasteiger partial charge < -0.3 is 0 Å². The first kappa shape index (κ1) is 20.3. The van der Waals surface area contributed by atoms with Gasteiger partial charge in [-0.15, -0.1) is 0 Å². The number of carbonyl (C=O) groups excluding carboxylic acids is 2. The summed E-state index contributed by atoms with van der Waals surface area (Å²) >= 11 is 0. The number of carbonyl (C=O) groups is 2. The van der Waals surface area contributed by atoms with Gasteiger partial charge in [0.25, 0.3) is 0 Å². The third kappa shape index (κ3) is 4.33. The average molecular weight is 379 g/mol. The summed E-state index contributed by atoms with van der Waals surface area (Å²) in [5, 5.41) is 3.35. The van der Waals surface area contributed by atoms with Crippen LogP contribution in [0, 0.1) is 5.92 Å². The van der Waals surface area contributed by atoms with Crippen LogP contribution in [0.4, 0.5) is 0 Å². The van der Waals surface area contributed by atoms with E-state index in [4.69, 9.17) is 0 Å². The van der Waals surface area contributed by atoms with E-state index in [1.165, 1.54) is 5.01 Å². The quantitative estimate of drug-likeness (QED) is 0.727. The molecule has 4 nitrogen and oxygen atoms in total. The van der Waals surface area contributed by atoms with Crippen molar-refractivity contribution in [3.8, 4) is 0 Å². The lowest BCUT2D eigenvalue weighted by molar-refractivity contribution is -0.161. The van der Waals surface area contributed by atoms with Crippen molar-refractivity contribution in [2.75, 3.05) is 0 Å². The second-order valence-electron chi connectivity index (χ2n) is 8.60. The molecule has 0 aromatic heterocycles. The molecule has 1 saturated heterocycles. The maximum atomic E-state index is 13.3. The normalized spacial score (nSPS) is 17.9. The van der Waals surface area contributed by atoms with Crippen molar-refractivity contribution >= 4 is 11.8 Å².